The first-order valence-electron chi connectivity index (χ1n) is 7.69. The van der Waals surface area contributed by atoms with Crippen molar-refractivity contribution in [3.63, 3.8) is 0 Å². The normalized spacial score (nSPS) is 12.5. The molecule has 0 aliphatic carbocycles. The molecule has 0 bridgehead atoms. The van der Waals surface area contributed by atoms with Crippen molar-refractivity contribution >= 4 is 28.6 Å². The Morgan fingerprint density at radius 1 is 1.26 bits per heavy atom. The number of nitrogens with one attached hydrogen (secondary N) is 2. The highest BCUT2D eigenvalue weighted by atomic mass is 32.1. The second-order valence-electron chi connectivity index (χ2n) is 6.34. The summed E-state index contributed by atoms with van der Waals surface area (Å²) in [4.78, 5) is 14.6. The van der Waals surface area contributed by atoms with Gasteiger partial charge < -0.3 is 10.6 Å². The van der Waals surface area contributed by atoms with Crippen LogP contribution in [0.5, 0.6) is 0 Å². The fourth-order valence-corrected chi connectivity index (χ4v) is 3.67. The molecule has 23 heavy (non-hydrogen) atoms. The van der Waals surface area contributed by atoms with Gasteiger partial charge in [-0.2, -0.15) is 0 Å². The fourth-order valence-electron chi connectivity index (χ4n) is 1.92. The fraction of sp³-hybridized carbons (Fsp3) is 0.562. The zero-order valence-corrected chi connectivity index (χ0v) is 16.1. The molecule has 0 aliphatic heterocycles. The van der Waals surface area contributed by atoms with E-state index in [0.717, 1.165) is 34.6 Å². The topological polar surface area (TPSA) is 62.2 Å². The molecular weight excluding hydrogens is 326 g/mol. The van der Waals surface area contributed by atoms with E-state index in [1.165, 1.54) is 4.88 Å². The molecule has 126 valence electrons. The monoisotopic (exact) mass is 351 g/mol. The maximum absolute atomic E-state index is 4.68. The average Bonchev–Trinajstić information content (AvgIpc) is 3.11. The van der Waals surface area contributed by atoms with E-state index in [1.807, 2.05) is 6.20 Å². The predicted octanol–water partition coefficient (Wildman–Crippen LogP) is 3.11. The summed E-state index contributed by atoms with van der Waals surface area (Å²) in [6.07, 6.45) is 2.83. The van der Waals surface area contributed by atoms with E-state index in [0.29, 0.717) is 6.54 Å². The second kappa shape index (κ2) is 7.88. The molecule has 5 nitrogen and oxygen atoms in total. The summed E-state index contributed by atoms with van der Waals surface area (Å²) < 4.78 is 0. The molecule has 7 heteroatoms. The lowest BCUT2D eigenvalue weighted by Crippen LogP contribution is -2.37. The van der Waals surface area contributed by atoms with E-state index in [2.05, 4.69) is 58.7 Å². The van der Waals surface area contributed by atoms with Crippen molar-refractivity contribution in [3.05, 3.63) is 32.2 Å². The van der Waals surface area contributed by atoms with Crippen LogP contribution >= 0.6 is 22.7 Å². The third kappa shape index (κ3) is 5.58. The van der Waals surface area contributed by atoms with Crippen molar-refractivity contribution in [1.82, 2.24) is 20.6 Å². The highest BCUT2D eigenvalue weighted by molar-refractivity contribution is 7.11. The Labute approximate surface area is 146 Å². The van der Waals surface area contributed by atoms with Crippen molar-refractivity contribution in [2.24, 2.45) is 4.99 Å². The minimum absolute atomic E-state index is 0.0977. The molecule has 0 amide bonds. The van der Waals surface area contributed by atoms with Crippen LogP contribution in [-0.4, -0.2) is 29.5 Å². The molecule has 0 saturated carbocycles. The molecule has 0 fully saturated rings. The van der Waals surface area contributed by atoms with Crippen LogP contribution in [0.4, 0.5) is 0 Å². The lowest BCUT2D eigenvalue weighted by atomic mass is 9.93. The summed E-state index contributed by atoms with van der Waals surface area (Å²) in [5.41, 5.74) is 1.24. The van der Waals surface area contributed by atoms with Gasteiger partial charge in [0.15, 0.2) is 5.96 Å². The van der Waals surface area contributed by atoms with Crippen molar-refractivity contribution in [2.45, 2.75) is 46.1 Å². The van der Waals surface area contributed by atoms with Gasteiger partial charge in [0.25, 0.3) is 0 Å². The Bertz CT molecular complexity index is 651. The van der Waals surface area contributed by atoms with Gasteiger partial charge in [-0.25, -0.2) is 9.97 Å². The second-order valence-corrected chi connectivity index (χ2v) is 8.61. The Kier molecular flexibility index (Phi) is 6.12. The molecular formula is C16H25N5S2. The van der Waals surface area contributed by atoms with Gasteiger partial charge in [0.1, 0.15) is 5.01 Å². The van der Waals surface area contributed by atoms with Gasteiger partial charge in [-0.05, 0) is 6.92 Å². The van der Waals surface area contributed by atoms with Gasteiger partial charge in [0.2, 0.25) is 0 Å². The molecule has 0 spiro atoms. The summed E-state index contributed by atoms with van der Waals surface area (Å²) in [6.45, 7) is 10.1. The molecule has 2 N–H and O–H groups in total. The van der Waals surface area contributed by atoms with Crippen LogP contribution in [-0.2, 0) is 18.4 Å². The van der Waals surface area contributed by atoms with E-state index in [-0.39, 0.29) is 5.41 Å². The number of aromatic nitrogens is 2. The largest absolute Gasteiger partial charge is 0.356 e. The van der Waals surface area contributed by atoms with Crippen LogP contribution in [0.1, 0.15) is 41.4 Å². The third-order valence-electron chi connectivity index (χ3n) is 3.25. The average molecular weight is 352 g/mol. The zero-order chi connectivity index (χ0) is 16.9. The predicted molar refractivity (Wildman–Crippen MR) is 99.6 cm³/mol. The van der Waals surface area contributed by atoms with Gasteiger partial charge in [-0.15, -0.1) is 22.7 Å². The number of hydrogen-bond acceptors (Lipinski definition) is 5. The Morgan fingerprint density at radius 2 is 2.04 bits per heavy atom. The summed E-state index contributed by atoms with van der Waals surface area (Å²) in [5, 5.41) is 11.0. The number of hydrogen-bond donors (Lipinski definition) is 2. The van der Waals surface area contributed by atoms with Crippen molar-refractivity contribution in [1.29, 1.82) is 0 Å². The molecule has 0 atom stereocenters. The highest BCUT2D eigenvalue weighted by Crippen LogP contribution is 2.23. The first-order chi connectivity index (χ1) is 10.9. The molecule has 2 aromatic heterocycles. The number of nitrogens with zero attached hydrogens (tertiary/aromatic N) is 3. The maximum Gasteiger partial charge on any atom is 0.191 e. The smallest absolute Gasteiger partial charge is 0.191 e. The summed E-state index contributed by atoms with van der Waals surface area (Å²) in [5.74, 6) is 0.797. The third-order valence-corrected chi connectivity index (χ3v) is 5.07. The number of aliphatic imine (C=N–C) groups is 1. The summed E-state index contributed by atoms with van der Waals surface area (Å²) >= 11 is 3.43. The molecule has 0 saturated heterocycles. The van der Waals surface area contributed by atoms with Crippen molar-refractivity contribution in [2.75, 3.05) is 13.6 Å². The summed E-state index contributed by atoms with van der Waals surface area (Å²) in [6, 6.07) is 0. The molecule has 2 heterocycles. The van der Waals surface area contributed by atoms with Crippen LogP contribution in [0, 0.1) is 6.92 Å². The summed E-state index contributed by atoms with van der Waals surface area (Å²) in [7, 11) is 1.78. The number of aryl methyl sites for hydroxylation is 1. The van der Waals surface area contributed by atoms with E-state index >= 15 is 0 Å². The van der Waals surface area contributed by atoms with Crippen molar-refractivity contribution in [3.8, 4) is 0 Å². The molecule has 0 unspecified atom stereocenters. The van der Waals surface area contributed by atoms with E-state index in [4.69, 9.17) is 0 Å². The van der Waals surface area contributed by atoms with Gasteiger partial charge in [0, 0.05) is 41.9 Å². The molecule has 2 rings (SSSR count). The van der Waals surface area contributed by atoms with Crippen LogP contribution in [0.15, 0.2) is 16.6 Å². The Morgan fingerprint density at radius 3 is 2.61 bits per heavy atom. The number of thiazole rings is 2. The Hall–Kier alpha value is -1.47. The number of rotatable bonds is 5. The van der Waals surface area contributed by atoms with Crippen LogP contribution in [0.25, 0.3) is 0 Å². The first kappa shape index (κ1) is 17.9. The zero-order valence-electron chi connectivity index (χ0n) is 14.4. The highest BCUT2D eigenvalue weighted by Gasteiger charge is 2.17. The standard InChI is InChI=1S/C16H25N5S2/c1-11-8-19-13(23-11)6-7-18-15(17-5)20-9-14-21-12(10-22-14)16(2,3)4/h8,10H,6-7,9H2,1-5H3,(H2,17,18,20). The molecule has 2 aromatic rings. The van der Waals surface area contributed by atoms with E-state index in [1.54, 1.807) is 29.7 Å². The van der Waals surface area contributed by atoms with E-state index in [9.17, 15) is 0 Å². The van der Waals surface area contributed by atoms with E-state index < -0.39 is 0 Å². The quantitative estimate of drug-likeness (QED) is 0.642. The van der Waals surface area contributed by atoms with Crippen molar-refractivity contribution < 1.29 is 0 Å². The van der Waals surface area contributed by atoms with Crippen LogP contribution in [0.2, 0.25) is 0 Å². The van der Waals surface area contributed by atoms with Gasteiger partial charge in [0.05, 0.1) is 17.2 Å². The molecule has 0 aromatic carbocycles. The van der Waals surface area contributed by atoms with Crippen LogP contribution in [0.3, 0.4) is 0 Å². The molecule has 0 radical (unpaired) electrons. The minimum Gasteiger partial charge on any atom is -0.356 e. The first-order valence-corrected chi connectivity index (χ1v) is 9.39. The van der Waals surface area contributed by atoms with Crippen LogP contribution < -0.4 is 10.6 Å². The maximum atomic E-state index is 4.68. The van der Waals surface area contributed by atoms with Gasteiger partial charge >= 0.3 is 0 Å². The SMILES string of the molecule is CN=C(NCCc1ncc(C)s1)NCc1nc(C(C)(C)C)cs1. The Balaban J connectivity index is 1.77. The lowest BCUT2D eigenvalue weighted by Gasteiger charge is -2.14. The van der Waals surface area contributed by atoms with Gasteiger partial charge in [-0.1, -0.05) is 20.8 Å². The lowest BCUT2D eigenvalue weighted by molar-refractivity contribution is 0.570. The molecule has 0 aliphatic rings. The van der Waals surface area contributed by atoms with Gasteiger partial charge in [-0.3, -0.25) is 4.99 Å². The minimum atomic E-state index is 0.0977. The number of guanidine groups is 1.